The van der Waals surface area contributed by atoms with Crippen molar-refractivity contribution in [2.24, 2.45) is 0 Å². The zero-order valence-corrected chi connectivity index (χ0v) is 19.1. The summed E-state index contributed by atoms with van der Waals surface area (Å²) in [6, 6.07) is 3.64. The quantitative estimate of drug-likeness (QED) is 0.263. The number of ether oxygens (including phenoxy) is 1. The van der Waals surface area contributed by atoms with Crippen molar-refractivity contribution in [3.8, 4) is 5.75 Å². The molecule has 5 nitrogen and oxygen atoms in total. The summed E-state index contributed by atoms with van der Waals surface area (Å²) in [4.78, 5) is 11.7. The molecule has 1 aromatic rings. The van der Waals surface area contributed by atoms with Crippen LogP contribution in [0, 0.1) is 0 Å². The second kappa shape index (κ2) is 9.65. The third-order valence-corrected chi connectivity index (χ3v) is 5.33. The van der Waals surface area contributed by atoms with Gasteiger partial charge in [0.25, 0.3) is 0 Å². The first kappa shape index (κ1) is 22.8. The number of hydrogen-bond acceptors (Lipinski definition) is 5. The van der Waals surface area contributed by atoms with Gasteiger partial charge in [-0.3, -0.25) is 4.79 Å². The van der Waals surface area contributed by atoms with Gasteiger partial charge >= 0.3 is 7.12 Å². The fraction of sp³-hybridized carbons (Fsp3) is 0.588. The Morgan fingerprint density at radius 1 is 1.20 bits per heavy atom. The van der Waals surface area contributed by atoms with Crippen LogP contribution in [0.4, 0.5) is 0 Å². The van der Waals surface area contributed by atoms with Gasteiger partial charge in [0.05, 0.1) is 17.8 Å². The first-order valence-electron chi connectivity index (χ1n) is 8.25. The highest BCUT2D eigenvalue weighted by atomic mass is 127. The van der Waals surface area contributed by atoms with Crippen molar-refractivity contribution in [1.29, 1.82) is 0 Å². The van der Waals surface area contributed by atoms with Gasteiger partial charge in [-0.05, 0) is 72.9 Å². The number of halogens is 1. The first-order chi connectivity index (χ1) is 11.8. The molecule has 0 saturated carbocycles. The lowest BCUT2D eigenvalue weighted by Crippen LogP contribution is -2.41. The topological polar surface area (TPSA) is 54.0 Å². The maximum atomic E-state index is 11.7. The number of methoxy groups -OCH3 is 1. The Hall–Kier alpha value is -0.205. The number of rotatable bonds is 6. The maximum Gasteiger partial charge on any atom is 0.495 e. The average molecular weight is 480 g/mol. The van der Waals surface area contributed by atoms with Crippen LogP contribution in [-0.4, -0.2) is 31.7 Å². The molecule has 140 valence electrons. The third kappa shape index (κ3) is 5.16. The molecule has 1 aliphatic heterocycles. The highest BCUT2D eigenvalue weighted by molar-refractivity contribution is 14.2. The first-order valence-corrected chi connectivity index (χ1v) is 12.3. The zero-order chi connectivity index (χ0) is 19.3. The van der Waals surface area contributed by atoms with E-state index in [0.717, 1.165) is 11.8 Å². The van der Waals surface area contributed by atoms with Crippen LogP contribution in [0.3, 0.4) is 0 Å². The molecule has 1 aliphatic rings. The van der Waals surface area contributed by atoms with E-state index in [0.29, 0.717) is 23.4 Å². The highest BCUT2D eigenvalue weighted by Crippen LogP contribution is 2.37. The van der Waals surface area contributed by atoms with Gasteiger partial charge in [0.2, 0.25) is 0 Å². The van der Waals surface area contributed by atoms with Crippen molar-refractivity contribution in [1.82, 2.24) is 0 Å². The molecule has 1 heterocycles. The summed E-state index contributed by atoms with van der Waals surface area (Å²) in [6.45, 7) is 12.5. The van der Waals surface area contributed by atoms with Crippen molar-refractivity contribution >= 4 is 47.4 Å². The minimum absolute atomic E-state index is 0.275. The van der Waals surface area contributed by atoms with Gasteiger partial charge in [-0.1, -0.05) is 13.8 Å². The van der Waals surface area contributed by atoms with Crippen LogP contribution < -0.4 is 9.99 Å². The lowest BCUT2D eigenvalue weighted by atomic mass is 9.74. The van der Waals surface area contributed by atoms with Crippen LogP contribution in [0.15, 0.2) is 12.1 Å². The molecule has 0 aromatic heterocycles. The third-order valence-electron chi connectivity index (χ3n) is 4.35. The Kier molecular flexibility index (Phi) is 8.81. The van der Waals surface area contributed by atoms with Crippen LogP contribution in [0.1, 0.15) is 57.5 Å². The lowest BCUT2D eigenvalue weighted by molar-refractivity contribution is 0.00578. The summed E-state index contributed by atoms with van der Waals surface area (Å²) in [7, 11) is 0.980. The van der Waals surface area contributed by atoms with Gasteiger partial charge in [-0.2, -0.15) is 0 Å². The molecule has 25 heavy (non-hydrogen) atoms. The lowest BCUT2D eigenvalue weighted by Gasteiger charge is -2.32. The van der Waals surface area contributed by atoms with E-state index >= 15 is 0 Å². The van der Waals surface area contributed by atoms with Crippen LogP contribution >= 0.6 is 28.5 Å². The van der Waals surface area contributed by atoms with E-state index in [1.54, 1.807) is 7.11 Å². The van der Waals surface area contributed by atoms with Gasteiger partial charge in [0.1, 0.15) is 18.5 Å². The van der Waals surface area contributed by atoms with E-state index in [4.69, 9.17) is 18.6 Å². The molecule has 8 heteroatoms. The summed E-state index contributed by atoms with van der Waals surface area (Å²) in [5.41, 5.74) is 1.04. The van der Waals surface area contributed by atoms with E-state index in [2.05, 4.69) is 22.0 Å². The molecule has 0 aliphatic carbocycles. The van der Waals surface area contributed by atoms with Gasteiger partial charge < -0.3 is 18.6 Å². The Bertz CT molecular complexity index is 579. The van der Waals surface area contributed by atoms with Crippen molar-refractivity contribution in [2.75, 3.05) is 7.11 Å². The molecule has 0 spiro atoms. The van der Waals surface area contributed by atoms with Gasteiger partial charge in [0.15, 0.2) is 0 Å². The molecule has 1 aromatic carbocycles. The Labute approximate surface area is 166 Å². The van der Waals surface area contributed by atoms with Gasteiger partial charge in [-0.15, -0.1) is 0 Å². The summed E-state index contributed by atoms with van der Waals surface area (Å²) in [5.74, 6) is 0.681. The van der Waals surface area contributed by atoms with E-state index in [1.165, 1.54) is 0 Å². The van der Waals surface area contributed by atoms with Crippen LogP contribution in [0.2, 0.25) is 0 Å². The van der Waals surface area contributed by atoms with Gasteiger partial charge in [-0.25, -0.2) is 0 Å². The summed E-state index contributed by atoms with van der Waals surface area (Å²) >= 11 is 2.16. The molecule has 0 amide bonds. The number of hydrogen-bond donors (Lipinski definition) is 0. The van der Waals surface area contributed by atoms with Crippen molar-refractivity contribution in [3.05, 3.63) is 23.3 Å². The molecular weight excluding hydrogens is 453 g/mol. The van der Waals surface area contributed by atoms with Crippen LogP contribution in [-0.2, 0) is 20.7 Å². The molecule has 1 atom stereocenters. The standard InChI is InChI=1S/C15H21BIO5P.C2H6/c1-14(2)15(3,4)22-16(21-14)13-7-11(20-23-17)6-10(9-19-5)12(13)8-18;1-2/h6-8,23H,9H2,1-5H3;1-2H3. The number of carbonyl (C=O) groups excluding carboxylic acids is 1. The average Bonchev–Trinajstić information content (AvgIpc) is 2.77. The molecular formula is C17H27BIO5P. The minimum Gasteiger partial charge on any atom is -0.467 e. The van der Waals surface area contributed by atoms with E-state index in [1.807, 2.05) is 53.7 Å². The minimum atomic E-state index is -0.614. The number of benzene rings is 1. The highest BCUT2D eigenvalue weighted by Gasteiger charge is 2.52. The largest absolute Gasteiger partial charge is 0.495 e. The smallest absolute Gasteiger partial charge is 0.467 e. The maximum absolute atomic E-state index is 11.7. The van der Waals surface area contributed by atoms with Gasteiger partial charge in [0, 0.05) is 12.7 Å². The monoisotopic (exact) mass is 480 g/mol. The zero-order valence-electron chi connectivity index (χ0n) is 15.9. The molecule has 0 radical (unpaired) electrons. The summed E-state index contributed by atoms with van der Waals surface area (Å²) in [5, 5.41) is 0. The molecule has 1 unspecified atom stereocenters. The van der Waals surface area contributed by atoms with E-state index < -0.39 is 18.3 Å². The predicted molar refractivity (Wildman–Crippen MR) is 113 cm³/mol. The number of aldehydes is 1. The molecule has 2 rings (SSSR count). The van der Waals surface area contributed by atoms with E-state index in [9.17, 15) is 4.79 Å². The predicted octanol–water partition coefficient (Wildman–Crippen LogP) is 4.29. The molecule has 0 bridgehead atoms. The van der Waals surface area contributed by atoms with Crippen molar-refractivity contribution < 1.29 is 23.4 Å². The Morgan fingerprint density at radius 3 is 2.20 bits per heavy atom. The van der Waals surface area contributed by atoms with E-state index in [-0.39, 0.29) is 6.45 Å². The Balaban J connectivity index is 0.00000151. The second-order valence-electron chi connectivity index (χ2n) is 6.40. The molecule has 1 fully saturated rings. The van der Waals surface area contributed by atoms with Crippen LogP contribution in [0.25, 0.3) is 0 Å². The number of carbonyl (C=O) groups is 1. The normalized spacial score (nSPS) is 18.2. The second-order valence-corrected chi connectivity index (χ2v) is 8.08. The fourth-order valence-corrected chi connectivity index (χ4v) is 3.36. The summed E-state index contributed by atoms with van der Waals surface area (Å²) in [6.07, 6.45) is 0.824. The SMILES string of the molecule is CC.COCc1cc(OPI)cc(B2OC(C)(C)C(C)(C)O2)c1C=O. The van der Waals surface area contributed by atoms with Crippen LogP contribution in [0.5, 0.6) is 5.75 Å². The van der Waals surface area contributed by atoms with Crippen molar-refractivity contribution in [2.45, 2.75) is 59.4 Å². The molecule has 0 N–H and O–H groups in total. The molecule has 1 saturated heterocycles. The fourth-order valence-electron chi connectivity index (χ4n) is 2.39. The Morgan fingerprint density at radius 2 is 1.76 bits per heavy atom. The van der Waals surface area contributed by atoms with Crippen molar-refractivity contribution in [3.63, 3.8) is 0 Å². The summed E-state index contributed by atoms with van der Waals surface area (Å²) < 4.78 is 23.0.